The third-order valence-corrected chi connectivity index (χ3v) is 8.03. The van der Waals surface area contributed by atoms with Crippen molar-refractivity contribution >= 4 is 21.9 Å². The van der Waals surface area contributed by atoms with Gasteiger partial charge in [-0.25, -0.2) is 0 Å². The van der Waals surface area contributed by atoms with Gasteiger partial charge in [0.1, 0.15) is 5.58 Å². The summed E-state index contributed by atoms with van der Waals surface area (Å²) in [7, 11) is 0. The first-order valence-corrected chi connectivity index (χ1v) is 15.1. The molecule has 46 heavy (non-hydrogen) atoms. The van der Waals surface area contributed by atoms with Crippen LogP contribution in [0.15, 0.2) is 162 Å². The first-order valence-electron chi connectivity index (χ1n) is 15.1. The zero-order valence-electron chi connectivity index (χ0n) is 25.2. The molecule has 3 heterocycles. The maximum absolute atomic E-state index is 6.21. The van der Waals surface area contributed by atoms with E-state index in [0.29, 0.717) is 5.92 Å². The van der Waals surface area contributed by atoms with E-state index in [4.69, 9.17) is 4.42 Å². The number of rotatable bonds is 5. The van der Waals surface area contributed by atoms with Gasteiger partial charge in [-0.1, -0.05) is 109 Å². The number of aromatic nitrogens is 2. The predicted octanol–water partition coefficient (Wildman–Crippen LogP) is 10.8. The van der Waals surface area contributed by atoms with Crippen molar-refractivity contribution in [3.8, 4) is 33.6 Å². The molecular formula is C42H30IrN2O-2. The fraction of sp³-hybridized carbons (Fsp3) is 0.0476. The number of hydrogen-bond acceptors (Lipinski definition) is 3. The molecule has 4 heteroatoms. The summed E-state index contributed by atoms with van der Waals surface area (Å²) in [6.45, 7) is 2.24. The van der Waals surface area contributed by atoms with Gasteiger partial charge in [0, 0.05) is 43.8 Å². The van der Waals surface area contributed by atoms with E-state index < -0.39 is 0 Å². The molecule has 8 rings (SSSR count). The predicted molar refractivity (Wildman–Crippen MR) is 184 cm³/mol. The van der Waals surface area contributed by atoms with Crippen LogP contribution in [0.2, 0.25) is 0 Å². The fourth-order valence-corrected chi connectivity index (χ4v) is 5.61. The van der Waals surface area contributed by atoms with Gasteiger partial charge < -0.3 is 14.4 Å². The number of benzene rings is 5. The molecule has 1 radical (unpaired) electrons. The van der Waals surface area contributed by atoms with Crippen LogP contribution >= 0.6 is 0 Å². The zero-order chi connectivity index (χ0) is 30.4. The van der Waals surface area contributed by atoms with Crippen molar-refractivity contribution in [2.45, 2.75) is 12.8 Å². The van der Waals surface area contributed by atoms with E-state index in [-0.39, 0.29) is 20.1 Å². The molecule has 0 N–H and O–H groups in total. The van der Waals surface area contributed by atoms with Crippen LogP contribution in [0.4, 0.5) is 0 Å². The zero-order valence-corrected chi connectivity index (χ0v) is 27.6. The van der Waals surface area contributed by atoms with E-state index in [2.05, 4.69) is 108 Å². The van der Waals surface area contributed by atoms with Crippen LogP contribution in [-0.2, 0) is 20.1 Å². The Bertz CT molecular complexity index is 2110. The molecule has 0 aliphatic heterocycles. The van der Waals surface area contributed by atoms with Crippen molar-refractivity contribution in [2.75, 3.05) is 0 Å². The summed E-state index contributed by atoms with van der Waals surface area (Å²) in [6.07, 6.45) is 3.60. The monoisotopic (exact) mass is 771 g/mol. The summed E-state index contributed by atoms with van der Waals surface area (Å²) >= 11 is 0. The normalized spacial score (nSPS) is 11.3. The van der Waals surface area contributed by atoms with Crippen molar-refractivity contribution in [2.24, 2.45) is 0 Å². The van der Waals surface area contributed by atoms with E-state index in [1.807, 2.05) is 66.7 Å². The van der Waals surface area contributed by atoms with Crippen molar-refractivity contribution in [3.63, 3.8) is 0 Å². The van der Waals surface area contributed by atoms with Crippen molar-refractivity contribution < 1.29 is 24.5 Å². The van der Waals surface area contributed by atoms with Crippen molar-refractivity contribution in [1.29, 1.82) is 0 Å². The Morgan fingerprint density at radius 2 is 1.24 bits per heavy atom. The molecule has 225 valence electrons. The number of pyridine rings is 2. The van der Waals surface area contributed by atoms with E-state index >= 15 is 0 Å². The standard InChI is InChI=1S/C25H18NO.C17H12N.Ir/c1-17(18-8-3-2-4-9-18)19-13-14-24-22(16-19)20-10-7-11-21(25(20)27-24)23-12-5-6-15-26-23;1-2-7-14(8-3-1)15-9-6-10-16(13-15)17-11-4-5-12-18-17;/h2-10,12-17H,1H3;1-9,11-13H;/q2*-1;. The van der Waals surface area contributed by atoms with E-state index in [9.17, 15) is 0 Å². The van der Waals surface area contributed by atoms with Gasteiger partial charge in [-0.15, -0.1) is 53.6 Å². The van der Waals surface area contributed by atoms with Gasteiger partial charge in [0.2, 0.25) is 0 Å². The first kappa shape index (κ1) is 30.9. The Morgan fingerprint density at radius 3 is 1.96 bits per heavy atom. The van der Waals surface area contributed by atoms with Gasteiger partial charge in [-0.2, -0.15) is 0 Å². The quantitative estimate of drug-likeness (QED) is 0.164. The molecule has 3 nitrogen and oxygen atoms in total. The number of nitrogens with zero attached hydrogens (tertiary/aromatic N) is 2. The van der Waals surface area contributed by atoms with Gasteiger partial charge in [-0.3, -0.25) is 0 Å². The molecule has 3 aromatic heterocycles. The average molecular weight is 771 g/mol. The van der Waals surface area contributed by atoms with E-state index in [1.165, 1.54) is 22.3 Å². The third kappa shape index (κ3) is 6.60. The molecule has 0 aliphatic rings. The second-order valence-electron chi connectivity index (χ2n) is 10.9. The van der Waals surface area contributed by atoms with E-state index in [0.717, 1.165) is 44.5 Å². The second kappa shape index (κ2) is 14.3. The van der Waals surface area contributed by atoms with Crippen LogP contribution in [0.3, 0.4) is 0 Å². The Balaban J connectivity index is 0.000000171. The fourth-order valence-electron chi connectivity index (χ4n) is 5.61. The van der Waals surface area contributed by atoms with Gasteiger partial charge in [-0.05, 0) is 52.3 Å². The van der Waals surface area contributed by atoms with Crippen molar-refractivity contribution in [1.82, 2.24) is 9.97 Å². The molecule has 0 amide bonds. The number of hydrogen-bond donors (Lipinski definition) is 0. The molecule has 0 saturated carbocycles. The minimum absolute atomic E-state index is 0. The molecular weight excluding hydrogens is 741 g/mol. The Labute approximate surface area is 283 Å². The summed E-state index contributed by atoms with van der Waals surface area (Å²) in [5.41, 5.74) is 10.5. The summed E-state index contributed by atoms with van der Waals surface area (Å²) < 4.78 is 6.21. The van der Waals surface area contributed by atoms with Crippen molar-refractivity contribution in [3.05, 3.63) is 181 Å². The minimum Gasteiger partial charge on any atom is -0.501 e. The summed E-state index contributed by atoms with van der Waals surface area (Å²) in [6, 6.07) is 55.9. The number of furan rings is 1. The van der Waals surface area contributed by atoms with Crippen LogP contribution < -0.4 is 0 Å². The Morgan fingerprint density at radius 1 is 0.565 bits per heavy atom. The summed E-state index contributed by atoms with van der Waals surface area (Å²) in [5, 5.41) is 2.24. The Hall–Kier alpha value is -5.15. The number of fused-ring (bicyclic) bond motifs is 3. The molecule has 0 fully saturated rings. The molecule has 0 aliphatic carbocycles. The first-order chi connectivity index (χ1) is 22.2. The summed E-state index contributed by atoms with van der Waals surface area (Å²) in [5.74, 6) is 0.325. The van der Waals surface area contributed by atoms with Crippen LogP contribution in [0.5, 0.6) is 0 Å². The van der Waals surface area contributed by atoms with Gasteiger partial charge in [0.05, 0.1) is 5.58 Å². The molecule has 8 aromatic rings. The smallest absolute Gasteiger partial charge is 0.120 e. The van der Waals surface area contributed by atoms with Crippen LogP contribution in [0.25, 0.3) is 55.6 Å². The Kier molecular flexibility index (Phi) is 9.59. The van der Waals surface area contributed by atoms with Crippen LogP contribution in [-0.4, -0.2) is 9.97 Å². The largest absolute Gasteiger partial charge is 0.501 e. The van der Waals surface area contributed by atoms with Gasteiger partial charge in [0.25, 0.3) is 0 Å². The third-order valence-electron chi connectivity index (χ3n) is 8.03. The van der Waals surface area contributed by atoms with Crippen LogP contribution in [0.1, 0.15) is 24.0 Å². The maximum atomic E-state index is 6.21. The average Bonchev–Trinajstić information content (AvgIpc) is 3.51. The summed E-state index contributed by atoms with van der Waals surface area (Å²) in [4.78, 5) is 8.82. The SMILES string of the molecule is CC(c1ccccc1)c1ccc2oc3c(-c4ccccn4)[c-]ccc3c2c1.[Ir].[c-]1ccc(-c2ccccc2)cc1-c1ccccn1. The molecule has 0 bridgehead atoms. The van der Waals surface area contributed by atoms with Crippen LogP contribution in [0, 0.1) is 12.1 Å². The van der Waals surface area contributed by atoms with Gasteiger partial charge >= 0.3 is 0 Å². The minimum atomic E-state index is 0. The molecule has 1 unspecified atom stereocenters. The molecule has 0 saturated heterocycles. The molecule has 0 spiro atoms. The molecule has 5 aromatic carbocycles. The maximum Gasteiger partial charge on any atom is 0.120 e. The van der Waals surface area contributed by atoms with E-state index in [1.54, 1.807) is 12.4 Å². The van der Waals surface area contributed by atoms with Gasteiger partial charge in [0.15, 0.2) is 0 Å². The topological polar surface area (TPSA) is 38.9 Å². The second-order valence-corrected chi connectivity index (χ2v) is 10.9. The molecule has 1 atom stereocenters.